The van der Waals surface area contributed by atoms with Gasteiger partial charge < -0.3 is 14.5 Å². The van der Waals surface area contributed by atoms with E-state index < -0.39 is 0 Å². The molecule has 2 aromatic rings. The molecular formula is C14H16BrNO3. The summed E-state index contributed by atoms with van der Waals surface area (Å²) < 4.78 is 10.6. The Morgan fingerprint density at radius 2 is 2.26 bits per heavy atom. The van der Waals surface area contributed by atoms with Gasteiger partial charge in [-0.2, -0.15) is 0 Å². The monoisotopic (exact) mass is 325 g/mol. The van der Waals surface area contributed by atoms with E-state index in [0.717, 1.165) is 22.7 Å². The number of para-hydroxylation sites is 1. The lowest BCUT2D eigenvalue weighted by Crippen LogP contribution is -2.38. The molecule has 0 bridgehead atoms. The van der Waals surface area contributed by atoms with E-state index in [1.54, 1.807) is 13.2 Å². The molecule has 0 aliphatic carbocycles. The summed E-state index contributed by atoms with van der Waals surface area (Å²) in [6.07, 6.45) is 0.805. The van der Waals surface area contributed by atoms with Crippen LogP contribution in [-0.4, -0.2) is 31.0 Å². The second kappa shape index (κ2) is 6.73. The quantitative estimate of drug-likeness (QED) is 0.831. The van der Waals surface area contributed by atoms with Crippen LogP contribution in [0.2, 0.25) is 0 Å². The van der Waals surface area contributed by atoms with Crippen LogP contribution in [0, 0.1) is 0 Å². The Kier molecular flexibility index (Phi) is 4.99. The molecule has 0 aliphatic heterocycles. The zero-order valence-electron chi connectivity index (χ0n) is 10.7. The molecule has 1 unspecified atom stereocenters. The molecule has 1 amide bonds. The largest absolute Gasteiger partial charge is 0.451 e. The lowest BCUT2D eigenvalue weighted by atomic mass is 10.2. The molecule has 0 spiro atoms. The molecule has 1 N–H and O–H groups in total. The van der Waals surface area contributed by atoms with Crippen LogP contribution in [0.25, 0.3) is 11.0 Å². The number of rotatable bonds is 6. The summed E-state index contributed by atoms with van der Waals surface area (Å²) in [6.45, 7) is 0.484. The van der Waals surface area contributed by atoms with E-state index in [-0.39, 0.29) is 11.9 Å². The fourth-order valence-corrected chi connectivity index (χ4v) is 2.43. The predicted octanol–water partition coefficient (Wildman–Crippen LogP) is 2.96. The summed E-state index contributed by atoms with van der Waals surface area (Å²) in [5.41, 5.74) is 0.719. The van der Waals surface area contributed by atoms with E-state index in [9.17, 15) is 4.79 Å². The van der Waals surface area contributed by atoms with Gasteiger partial charge in [0, 0.05) is 17.8 Å². The van der Waals surface area contributed by atoms with Crippen molar-refractivity contribution in [1.82, 2.24) is 5.32 Å². The van der Waals surface area contributed by atoms with Crippen LogP contribution in [0.4, 0.5) is 0 Å². The van der Waals surface area contributed by atoms with Crippen molar-refractivity contribution in [2.75, 3.05) is 19.0 Å². The van der Waals surface area contributed by atoms with E-state index in [0.29, 0.717) is 12.4 Å². The first-order valence-electron chi connectivity index (χ1n) is 6.09. The number of fused-ring (bicyclic) bond motifs is 1. The van der Waals surface area contributed by atoms with Gasteiger partial charge in [0.15, 0.2) is 5.76 Å². The third-order valence-corrected chi connectivity index (χ3v) is 3.27. The number of methoxy groups -OCH3 is 1. The number of ether oxygens (including phenoxy) is 1. The second-order valence-electron chi connectivity index (χ2n) is 4.25. The fraction of sp³-hybridized carbons (Fsp3) is 0.357. The van der Waals surface area contributed by atoms with Gasteiger partial charge in [0.1, 0.15) is 5.58 Å². The fourth-order valence-electron chi connectivity index (χ4n) is 1.88. The lowest BCUT2D eigenvalue weighted by molar-refractivity contribution is 0.0870. The predicted molar refractivity (Wildman–Crippen MR) is 77.8 cm³/mol. The molecule has 1 aromatic heterocycles. The number of hydrogen-bond donors (Lipinski definition) is 1. The highest BCUT2D eigenvalue weighted by molar-refractivity contribution is 9.09. The lowest BCUT2D eigenvalue weighted by Gasteiger charge is -2.15. The minimum absolute atomic E-state index is 0.0231. The summed E-state index contributed by atoms with van der Waals surface area (Å²) in [7, 11) is 1.62. The Balaban J connectivity index is 2.09. The Morgan fingerprint density at radius 1 is 1.47 bits per heavy atom. The van der Waals surface area contributed by atoms with Gasteiger partial charge in [0.05, 0.1) is 12.6 Å². The van der Waals surface area contributed by atoms with Gasteiger partial charge in [-0.25, -0.2) is 0 Å². The molecule has 2 rings (SSSR count). The number of carbonyl (C=O) groups is 1. The Hall–Kier alpha value is -1.33. The molecule has 0 saturated carbocycles. The number of nitrogens with one attached hydrogen (secondary N) is 1. The van der Waals surface area contributed by atoms with E-state index in [1.807, 2.05) is 24.3 Å². The third-order valence-electron chi connectivity index (χ3n) is 2.81. The molecule has 1 atom stereocenters. The van der Waals surface area contributed by atoms with Crippen molar-refractivity contribution in [2.24, 2.45) is 0 Å². The zero-order valence-corrected chi connectivity index (χ0v) is 12.3. The molecule has 102 valence electrons. The van der Waals surface area contributed by atoms with E-state index in [2.05, 4.69) is 21.2 Å². The van der Waals surface area contributed by atoms with Gasteiger partial charge in [-0.15, -0.1) is 0 Å². The average Bonchev–Trinajstić information content (AvgIpc) is 2.83. The highest BCUT2D eigenvalue weighted by atomic mass is 79.9. The molecule has 0 fully saturated rings. The SMILES string of the molecule is COCC(CCBr)NC(=O)c1cc2ccccc2o1. The van der Waals surface area contributed by atoms with Crippen molar-refractivity contribution >= 4 is 32.8 Å². The first-order chi connectivity index (χ1) is 9.24. The summed E-state index contributed by atoms with van der Waals surface area (Å²) in [5.74, 6) is 0.121. The molecule has 5 heteroatoms. The van der Waals surface area contributed by atoms with Crippen LogP contribution in [0.3, 0.4) is 0 Å². The number of halogens is 1. The first kappa shape index (κ1) is 14.1. The summed E-state index contributed by atoms with van der Waals surface area (Å²) in [4.78, 5) is 12.1. The average molecular weight is 326 g/mol. The molecule has 1 heterocycles. The molecule has 4 nitrogen and oxygen atoms in total. The van der Waals surface area contributed by atoms with Crippen LogP contribution in [-0.2, 0) is 4.74 Å². The summed E-state index contributed by atoms with van der Waals surface area (Å²) in [6, 6.07) is 9.29. The topological polar surface area (TPSA) is 51.5 Å². The van der Waals surface area contributed by atoms with Crippen LogP contribution in [0.5, 0.6) is 0 Å². The van der Waals surface area contributed by atoms with E-state index in [4.69, 9.17) is 9.15 Å². The highest BCUT2D eigenvalue weighted by Crippen LogP contribution is 2.18. The maximum absolute atomic E-state index is 12.1. The highest BCUT2D eigenvalue weighted by Gasteiger charge is 2.16. The number of amides is 1. The van der Waals surface area contributed by atoms with Crippen molar-refractivity contribution in [3.05, 3.63) is 36.1 Å². The molecule has 1 aromatic carbocycles. The van der Waals surface area contributed by atoms with Crippen molar-refractivity contribution in [3.63, 3.8) is 0 Å². The second-order valence-corrected chi connectivity index (χ2v) is 5.04. The molecular weight excluding hydrogens is 310 g/mol. The van der Waals surface area contributed by atoms with Gasteiger partial charge in [-0.05, 0) is 18.6 Å². The van der Waals surface area contributed by atoms with Gasteiger partial charge in [0.2, 0.25) is 0 Å². The smallest absolute Gasteiger partial charge is 0.287 e. The van der Waals surface area contributed by atoms with Crippen molar-refractivity contribution in [1.29, 1.82) is 0 Å². The zero-order chi connectivity index (χ0) is 13.7. The standard InChI is InChI=1S/C14H16BrNO3/c1-18-9-11(6-7-15)16-14(17)13-8-10-4-2-3-5-12(10)19-13/h2-5,8,11H,6-7,9H2,1H3,(H,16,17). The number of furan rings is 1. The minimum Gasteiger partial charge on any atom is -0.451 e. The maximum Gasteiger partial charge on any atom is 0.287 e. The normalized spacial score (nSPS) is 12.5. The first-order valence-corrected chi connectivity index (χ1v) is 7.21. The van der Waals surface area contributed by atoms with Crippen LogP contribution in [0.1, 0.15) is 17.0 Å². The van der Waals surface area contributed by atoms with Crippen LogP contribution >= 0.6 is 15.9 Å². The van der Waals surface area contributed by atoms with Crippen LogP contribution < -0.4 is 5.32 Å². The van der Waals surface area contributed by atoms with Crippen molar-refractivity contribution in [2.45, 2.75) is 12.5 Å². The Morgan fingerprint density at radius 3 is 2.95 bits per heavy atom. The summed E-state index contributed by atoms with van der Waals surface area (Å²) in [5, 5.41) is 4.64. The third kappa shape index (κ3) is 3.58. The van der Waals surface area contributed by atoms with Gasteiger partial charge in [-0.3, -0.25) is 4.79 Å². The Labute approximate surface area is 120 Å². The van der Waals surface area contributed by atoms with Gasteiger partial charge >= 0.3 is 0 Å². The number of hydrogen-bond acceptors (Lipinski definition) is 3. The van der Waals surface area contributed by atoms with E-state index in [1.165, 1.54) is 0 Å². The summed E-state index contributed by atoms with van der Waals surface area (Å²) >= 11 is 3.36. The molecule has 0 radical (unpaired) electrons. The molecule has 0 saturated heterocycles. The van der Waals surface area contributed by atoms with Gasteiger partial charge in [-0.1, -0.05) is 34.1 Å². The Bertz CT molecular complexity index is 513. The molecule has 0 aliphatic rings. The number of alkyl halides is 1. The molecule has 19 heavy (non-hydrogen) atoms. The van der Waals surface area contributed by atoms with E-state index >= 15 is 0 Å². The van der Waals surface area contributed by atoms with Gasteiger partial charge in [0.25, 0.3) is 5.91 Å². The number of carbonyl (C=O) groups excluding carboxylic acids is 1. The number of benzene rings is 1. The van der Waals surface area contributed by atoms with Crippen molar-refractivity contribution in [3.8, 4) is 0 Å². The maximum atomic E-state index is 12.1. The van der Waals surface area contributed by atoms with Crippen molar-refractivity contribution < 1.29 is 13.9 Å². The van der Waals surface area contributed by atoms with Crippen LogP contribution in [0.15, 0.2) is 34.7 Å². The minimum atomic E-state index is -0.209.